The summed E-state index contributed by atoms with van der Waals surface area (Å²) in [6, 6.07) is 10.6. The molecule has 0 saturated carbocycles. The van der Waals surface area contributed by atoms with Crippen molar-refractivity contribution in [2.45, 2.75) is 38.4 Å². The van der Waals surface area contributed by atoms with Crippen molar-refractivity contribution in [3.8, 4) is 0 Å². The summed E-state index contributed by atoms with van der Waals surface area (Å²) in [5.41, 5.74) is 1.30. The molecule has 2 heterocycles. The fourth-order valence-corrected chi connectivity index (χ4v) is 4.32. The average Bonchev–Trinajstić information content (AvgIpc) is 3.15. The maximum absolute atomic E-state index is 4.50. The van der Waals surface area contributed by atoms with Gasteiger partial charge < -0.3 is 19.7 Å². The molecule has 0 atom stereocenters. The van der Waals surface area contributed by atoms with Gasteiger partial charge in [0.15, 0.2) is 11.1 Å². The number of nitrogens with one attached hydrogen (secondary N) is 1. The lowest BCUT2D eigenvalue weighted by Crippen LogP contribution is -2.52. The van der Waals surface area contributed by atoms with E-state index in [-0.39, 0.29) is 0 Å². The van der Waals surface area contributed by atoms with Gasteiger partial charge in [-0.3, -0.25) is 4.99 Å². The molecule has 3 rings (SSSR count). The Morgan fingerprint density at radius 3 is 2.50 bits per heavy atom. The van der Waals surface area contributed by atoms with Crippen LogP contribution in [0.3, 0.4) is 0 Å². The van der Waals surface area contributed by atoms with Crippen LogP contribution in [-0.2, 0) is 13.0 Å². The lowest BCUT2D eigenvalue weighted by molar-refractivity contribution is 0.372. The van der Waals surface area contributed by atoms with E-state index < -0.39 is 0 Å². The summed E-state index contributed by atoms with van der Waals surface area (Å²) in [7, 11) is 1.87. The van der Waals surface area contributed by atoms with Crippen LogP contribution in [0.2, 0.25) is 0 Å². The summed E-state index contributed by atoms with van der Waals surface area (Å²) in [6.07, 6.45) is 3.99. The van der Waals surface area contributed by atoms with Gasteiger partial charge in [0, 0.05) is 58.4 Å². The van der Waals surface area contributed by atoms with Crippen molar-refractivity contribution >= 4 is 23.4 Å². The van der Waals surface area contributed by atoms with Crippen LogP contribution >= 0.6 is 11.8 Å². The summed E-state index contributed by atoms with van der Waals surface area (Å²) < 4.78 is 2.27. The third-order valence-electron chi connectivity index (χ3n) is 5.30. The minimum atomic E-state index is 0.581. The SMILES string of the molecule is CN=C(NCCCc1nnc(SC)n1CC(C)C)N1CCN(c2ccccc2)CC1. The molecule has 0 amide bonds. The number of hydrogen-bond acceptors (Lipinski definition) is 5. The van der Waals surface area contributed by atoms with Gasteiger partial charge in [0.1, 0.15) is 5.82 Å². The first kappa shape index (κ1) is 22.5. The minimum Gasteiger partial charge on any atom is -0.368 e. The van der Waals surface area contributed by atoms with Gasteiger partial charge in [-0.1, -0.05) is 43.8 Å². The lowest BCUT2D eigenvalue weighted by Gasteiger charge is -2.37. The van der Waals surface area contributed by atoms with Gasteiger partial charge in [-0.05, 0) is 30.7 Å². The van der Waals surface area contributed by atoms with Crippen molar-refractivity contribution in [3.05, 3.63) is 36.2 Å². The molecule has 1 saturated heterocycles. The van der Waals surface area contributed by atoms with Crippen LogP contribution in [0.25, 0.3) is 0 Å². The molecular formula is C22H35N7S. The molecule has 0 aliphatic carbocycles. The maximum atomic E-state index is 4.50. The summed E-state index contributed by atoms with van der Waals surface area (Å²) >= 11 is 1.67. The molecule has 1 aliphatic rings. The van der Waals surface area contributed by atoms with Gasteiger partial charge in [-0.2, -0.15) is 0 Å². The standard InChI is InChI=1S/C22H35N7S/c1-18(2)17-29-20(25-26-22(29)30-4)11-8-12-24-21(23-3)28-15-13-27(14-16-28)19-9-6-5-7-10-19/h5-7,9-10,18H,8,11-17H2,1-4H3,(H,23,24). The Bertz CT molecular complexity index is 795. The van der Waals surface area contributed by atoms with E-state index in [4.69, 9.17) is 0 Å². The number of hydrogen-bond donors (Lipinski definition) is 1. The number of anilines is 1. The number of rotatable bonds is 8. The highest BCUT2D eigenvalue weighted by atomic mass is 32.2. The monoisotopic (exact) mass is 429 g/mol. The Morgan fingerprint density at radius 2 is 1.87 bits per heavy atom. The highest BCUT2D eigenvalue weighted by Crippen LogP contribution is 2.17. The van der Waals surface area contributed by atoms with Crippen LogP contribution in [0.4, 0.5) is 5.69 Å². The molecule has 0 bridgehead atoms. The molecule has 2 aromatic rings. The van der Waals surface area contributed by atoms with Gasteiger partial charge in [-0.25, -0.2) is 0 Å². The third-order valence-corrected chi connectivity index (χ3v) is 5.96. The van der Waals surface area contributed by atoms with Crippen molar-refractivity contribution < 1.29 is 0 Å². The van der Waals surface area contributed by atoms with Crippen LogP contribution < -0.4 is 10.2 Å². The van der Waals surface area contributed by atoms with E-state index in [1.165, 1.54) is 5.69 Å². The normalized spacial score (nSPS) is 15.2. The van der Waals surface area contributed by atoms with Crippen molar-refractivity contribution in [2.24, 2.45) is 10.9 Å². The van der Waals surface area contributed by atoms with E-state index >= 15 is 0 Å². The number of benzene rings is 1. The van der Waals surface area contributed by atoms with Gasteiger partial charge in [0.05, 0.1) is 0 Å². The molecule has 7 nitrogen and oxygen atoms in total. The molecule has 1 aromatic carbocycles. The number of aryl methyl sites for hydroxylation is 1. The lowest BCUT2D eigenvalue weighted by atomic mass is 10.2. The van der Waals surface area contributed by atoms with E-state index in [0.29, 0.717) is 5.92 Å². The first-order valence-corrected chi connectivity index (χ1v) is 12.1. The number of guanidine groups is 1. The summed E-state index contributed by atoms with van der Waals surface area (Å²) in [5, 5.41) is 13.3. The highest BCUT2D eigenvalue weighted by molar-refractivity contribution is 7.98. The van der Waals surface area contributed by atoms with E-state index in [1.807, 2.05) is 7.05 Å². The van der Waals surface area contributed by atoms with Crippen molar-refractivity contribution in [1.82, 2.24) is 25.0 Å². The van der Waals surface area contributed by atoms with E-state index in [0.717, 1.165) is 69.1 Å². The topological polar surface area (TPSA) is 61.6 Å². The highest BCUT2D eigenvalue weighted by Gasteiger charge is 2.19. The Labute approximate surface area is 185 Å². The molecule has 0 spiro atoms. The fraction of sp³-hybridized carbons (Fsp3) is 0.591. The molecule has 164 valence electrons. The quantitative estimate of drug-likeness (QED) is 0.301. The predicted octanol–water partition coefficient (Wildman–Crippen LogP) is 2.99. The number of nitrogens with zero attached hydrogens (tertiary/aromatic N) is 6. The van der Waals surface area contributed by atoms with Crippen LogP contribution in [0.15, 0.2) is 40.5 Å². The number of aliphatic imine (C=N–C) groups is 1. The second kappa shape index (κ2) is 11.2. The molecule has 1 aromatic heterocycles. The Balaban J connectivity index is 1.45. The van der Waals surface area contributed by atoms with E-state index in [1.54, 1.807) is 11.8 Å². The molecule has 1 N–H and O–H groups in total. The number of para-hydroxylation sites is 1. The van der Waals surface area contributed by atoms with Crippen molar-refractivity contribution in [2.75, 3.05) is 50.9 Å². The Hall–Kier alpha value is -2.22. The van der Waals surface area contributed by atoms with Gasteiger partial charge in [-0.15, -0.1) is 10.2 Å². The zero-order valence-corrected chi connectivity index (χ0v) is 19.5. The number of aromatic nitrogens is 3. The molecule has 30 heavy (non-hydrogen) atoms. The molecular weight excluding hydrogens is 394 g/mol. The molecule has 1 aliphatic heterocycles. The van der Waals surface area contributed by atoms with Crippen molar-refractivity contribution in [1.29, 1.82) is 0 Å². The molecule has 1 fully saturated rings. The van der Waals surface area contributed by atoms with Crippen LogP contribution in [0.5, 0.6) is 0 Å². The maximum Gasteiger partial charge on any atom is 0.193 e. The van der Waals surface area contributed by atoms with Crippen LogP contribution in [0.1, 0.15) is 26.1 Å². The minimum absolute atomic E-state index is 0.581. The smallest absolute Gasteiger partial charge is 0.193 e. The third kappa shape index (κ3) is 5.90. The first-order valence-electron chi connectivity index (χ1n) is 10.8. The predicted molar refractivity (Wildman–Crippen MR) is 127 cm³/mol. The Morgan fingerprint density at radius 1 is 1.13 bits per heavy atom. The number of thioether (sulfide) groups is 1. The van der Waals surface area contributed by atoms with Crippen LogP contribution in [0, 0.1) is 5.92 Å². The van der Waals surface area contributed by atoms with E-state index in [9.17, 15) is 0 Å². The molecule has 8 heteroatoms. The van der Waals surface area contributed by atoms with Gasteiger partial charge in [0.25, 0.3) is 0 Å². The largest absolute Gasteiger partial charge is 0.368 e. The zero-order chi connectivity index (χ0) is 21.3. The van der Waals surface area contributed by atoms with Gasteiger partial charge >= 0.3 is 0 Å². The summed E-state index contributed by atoms with van der Waals surface area (Å²) in [4.78, 5) is 9.30. The summed E-state index contributed by atoms with van der Waals surface area (Å²) in [6.45, 7) is 10.3. The summed E-state index contributed by atoms with van der Waals surface area (Å²) in [5.74, 6) is 2.66. The Kier molecular flexibility index (Phi) is 8.42. The zero-order valence-electron chi connectivity index (χ0n) is 18.7. The first-order chi connectivity index (χ1) is 14.6. The fourth-order valence-electron chi connectivity index (χ4n) is 3.80. The van der Waals surface area contributed by atoms with E-state index in [2.05, 4.69) is 85.3 Å². The van der Waals surface area contributed by atoms with Gasteiger partial charge in [0.2, 0.25) is 0 Å². The average molecular weight is 430 g/mol. The van der Waals surface area contributed by atoms with Crippen LogP contribution in [-0.4, -0.2) is 71.7 Å². The second-order valence-corrected chi connectivity index (χ2v) is 8.77. The number of piperazine rings is 1. The molecule has 0 radical (unpaired) electrons. The van der Waals surface area contributed by atoms with Crippen molar-refractivity contribution in [3.63, 3.8) is 0 Å². The molecule has 0 unspecified atom stereocenters. The second-order valence-electron chi connectivity index (χ2n) is 7.99.